The Morgan fingerprint density at radius 2 is 1.79 bits per heavy atom. The van der Waals surface area contributed by atoms with E-state index in [1.54, 1.807) is 24.3 Å². The van der Waals surface area contributed by atoms with E-state index in [2.05, 4.69) is 5.32 Å². The molecule has 0 bridgehead atoms. The molecule has 0 aromatic heterocycles. The Kier molecular flexibility index (Phi) is 5.25. The van der Waals surface area contributed by atoms with Gasteiger partial charge in [0.05, 0.1) is 10.6 Å². The third kappa shape index (κ3) is 4.48. The van der Waals surface area contributed by atoms with E-state index < -0.39 is 9.84 Å². The molecule has 1 saturated carbocycles. The summed E-state index contributed by atoms with van der Waals surface area (Å²) < 4.78 is 24.1. The SMILES string of the molecule is O=S(=O)(CCCNC1CCCC1)c1ccc(Cl)cc1. The fourth-order valence-corrected chi connectivity index (χ4v) is 3.89. The van der Waals surface area contributed by atoms with Gasteiger partial charge >= 0.3 is 0 Å². The van der Waals surface area contributed by atoms with Crippen molar-refractivity contribution in [1.82, 2.24) is 5.32 Å². The molecular weight excluding hydrogens is 282 g/mol. The Hall–Kier alpha value is -0.580. The summed E-state index contributed by atoms with van der Waals surface area (Å²) in [4.78, 5) is 0.359. The van der Waals surface area contributed by atoms with Crippen LogP contribution in [-0.4, -0.2) is 26.8 Å². The fourth-order valence-electron chi connectivity index (χ4n) is 2.46. The predicted octanol–water partition coefficient (Wildman–Crippen LogP) is 3.04. The first-order valence-corrected chi connectivity index (χ1v) is 8.83. The lowest BCUT2D eigenvalue weighted by molar-refractivity contribution is 0.520. The highest BCUT2D eigenvalue weighted by atomic mass is 35.5. The summed E-state index contributed by atoms with van der Waals surface area (Å²) in [6, 6.07) is 6.97. The van der Waals surface area contributed by atoms with Crippen molar-refractivity contribution in [2.75, 3.05) is 12.3 Å². The number of hydrogen-bond donors (Lipinski definition) is 1. The van der Waals surface area contributed by atoms with Gasteiger partial charge in [-0.05, 0) is 50.1 Å². The molecule has 1 N–H and O–H groups in total. The average molecular weight is 302 g/mol. The highest BCUT2D eigenvalue weighted by Gasteiger charge is 2.16. The van der Waals surface area contributed by atoms with Gasteiger partial charge in [-0.2, -0.15) is 0 Å². The van der Waals surface area contributed by atoms with Crippen molar-refractivity contribution in [3.8, 4) is 0 Å². The Labute approximate surface area is 120 Å². The molecule has 1 aromatic carbocycles. The van der Waals surface area contributed by atoms with Crippen LogP contribution in [0.25, 0.3) is 0 Å². The molecule has 0 spiro atoms. The molecule has 0 aliphatic heterocycles. The smallest absolute Gasteiger partial charge is 0.178 e. The van der Waals surface area contributed by atoms with E-state index in [-0.39, 0.29) is 5.75 Å². The summed E-state index contributed by atoms with van der Waals surface area (Å²) in [5, 5.41) is 3.99. The number of benzene rings is 1. The summed E-state index contributed by atoms with van der Waals surface area (Å²) in [7, 11) is -3.17. The maximum atomic E-state index is 12.1. The predicted molar refractivity (Wildman–Crippen MR) is 78.4 cm³/mol. The standard InChI is InChI=1S/C14H20ClNO2S/c15-12-6-8-14(9-7-12)19(17,18)11-3-10-16-13-4-1-2-5-13/h6-9,13,16H,1-5,10-11H2. The van der Waals surface area contributed by atoms with Gasteiger partial charge < -0.3 is 5.32 Å². The second-order valence-electron chi connectivity index (χ2n) is 5.06. The molecule has 0 saturated heterocycles. The maximum absolute atomic E-state index is 12.1. The van der Waals surface area contributed by atoms with E-state index in [4.69, 9.17) is 11.6 Å². The molecule has 1 fully saturated rings. The quantitative estimate of drug-likeness (QED) is 0.822. The zero-order valence-corrected chi connectivity index (χ0v) is 12.5. The normalized spacial score (nSPS) is 16.9. The minimum absolute atomic E-state index is 0.189. The fraction of sp³-hybridized carbons (Fsp3) is 0.571. The average Bonchev–Trinajstić information content (AvgIpc) is 2.88. The van der Waals surface area contributed by atoms with Crippen LogP contribution in [0.3, 0.4) is 0 Å². The first kappa shape index (κ1) is 14.8. The van der Waals surface area contributed by atoms with Crippen LogP contribution in [0.1, 0.15) is 32.1 Å². The minimum atomic E-state index is -3.17. The van der Waals surface area contributed by atoms with E-state index in [0.29, 0.717) is 22.4 Å². The van der Waals surface area contributed by atoms with Gasteiger partial charge in [-0.15, -0.1) is 0 Å². The Morgan fingerprint density at radius 3 is 2.42 bits per heavy atom. The summed E-state index contributed by atoms with van der Waals surface area (Å²) in [5.74, 6) is 0.189. The minimum Gasteiger partial charge on any atom is -0.314 e. The van der Waals surface area contributed by atoms with Crippen molar-refractivity contribution >= 4 is 21.4 Å². The van der Waals surface area contributed by atoms with Gasteiger partial charge in [-0.25, -0.2) is 8.42 Å². The van der Waals surface area contributed by atoms with Crippen LogP contribution in [0.15, 0.2) is 29.2 Å². The third-order valence-corrected chi connectivity index (χ3v) is 5.62. The molecule has 106 valence electrons. The van der Waals surface area contributed by atoms with Crippen LogP contribution in [0.2, 0.25) is 5.02 Å². The molecule has 1 aliphatic rings. The highest BCUT2D eigenvalue weighted by Crippen LogP contribution is 2.18. The summed E-state index contributed by atoms with van der Waals surface area (Å²) in [6.07, 6.45) is 5.69. The summed E-state index contributed by atoms with van der Waals surface area (Å²) >= 11 is 5.76. The van der Waals surface area contributed by atoms with Gasteiger partial charge in [0.25, 0.3) is 0 Å². The lowest BCUT2D eigenvalue weighted by Gasteiger charge is -2.11. The second kappa shape index (κ2) is 6.73. The van der Waals surface area contributed by atoms with E-state index in [1.807, 2.05) is 0 Å². The van der Waals surface area contributed by atoms with Gasteiger partial charge in [0, 0.05) is 11.1 Å². The van der Waals surface area contributed by atoms with Crippen molar-refractivity contribution in [1.29, 1.82) is 0 Å². The molecule has 0 heterocycles. The van der Waals surface area contributed by atoms with Gasteiger partial charge in [-0.1, -0.05) is 24.4 Å². The van der Waals surface area contributed by atoms with Gasteiger partial charge in [0.1, 0.15) is 0 Å². The molecule has 0 amide bonds. The molecule has 19 heavy (non-hydrogen) atoms. The molecule has 1 aliphatic carbocycles. The lowest BCUT2D eigenvalue weighted by atomic mass is 10.2. The van der Waals surface area contributed by atoms with Crippen LogP contribution in [-0.2, 0) is 9.84 Å². The van der Waals surface area contributed by atoms with Gasteiger partial charge in [0.15, 0.2) is 9.84 Å². The van der Waals surface area contributed by atoms with Crippen molar-refractivity contribution in [3.05, 3.63) is 29.3 Å². The molecule has 3 nitrogen and oxygen atoms in total. The van der Waals surface area contributed by atoms with Crippen LogP contribution < -0.4 is 5.32 Å². The monoisotopic (exact) mass is 301 g/mol. The molecule has 0 radical (unpaired) electrons. The van der Waals surface area contributed by atoms with Crippen LogP contribution in [0.5, 0.6) is 0 Å². The first-order valence-electron chi connectivity index (χ1n) is 6.80. The van der Waals surface area contributed by atoms with E-state index in [0.717, 1.165) is 6.54 Å². The van der Waals surface area contributed by atoms with E-state index >= 15 is 0 Å². The molecule has 2 rings (SSSR count). The largest absolute Gasteiger partial charge is 0.314 e. The van der Waals surface area contributed by atoms with Crippen molar-refractivity contribution in [3.63, 3.8) is 0 Å². The summed E-state index contributed by atoms with van der Waals surface area (Å²) in [5.41, 5.74) is 0. The summed E-state index contributed by atoms with van der Waals surface area (Å²) in [6.45, 7) is 0.775. The second-order valence-corrected chi connectivity index (χ2v) is 7.61. The number of sulfone groups is 1. The number of hydrogen-bond acceptors (Lipinski definition) is 3. The van der Waals surface area contributed by atoms with Crippen molar-refractivity contribution in [2.24, 2.45) is 0 Å². The molecular formula is C14H20ClNO2S. The highest BCUT2D eigenvalue weighted by molar-refractivity contribution is 7.91. The number of halogens is 1. The number of rotatable bonds is 6. The Morgan fingerprint density at radius 1 is 1.16 bits per heavy atom. The first-order chi connectivity index (χ1) is 9.08. The zero-order chi connectivity index (χ0) is 13.7. The van der Waals surface area contributed by atoms with Gasteiger partial charge in [0.2, 0.25) is 0 Å². The molecule has 1 aromatic rings. The van der Waals surface area contributed by atoms with Crippen molar-refractivity contribution in [2.45, 2.75) is 43.0 Å². The van der Waals surface area contributed by atoms with Crippen LogP contribution >= 0.6 is 11.6 Å². The van der Waals surface area contributed by atoms with Crippen LogP contribution in [0.4, 0.5) is 0 Å². The Balaban J connectivity index is 1.79. The lowest BCUT2D eigenvalue weighted by Crippen LogP contribution is -2.28. The van der Waals surface area contributed by atoms with Gasteiger partial charge in [-0.3, -0.25) is 0 Å². The number of nitrogens with one attached hydrogen (secondary N) is 1. The maximum Gasteiger partial charge on any atom is 0.178 e. The molecule has 5 heteroatoms. The zero-order valence-electron chi connectivity index (χ0n) is 10.9. The van der Waals surface area contributed by atoms with E-state index in [1.165, 1.54) is 25.7 Å². The van der Waals surface area contributed by atoms with Crippen molar-refractivity contribution < 1.29 is 8.42 Å². The van der Waals surface area contributed by atoms with E-state index in [9.17, 15) is 8.42 Å². The van der Waals surface area contributed by atoms with Crippen LogP contribution in [0, 0.1) is 0 Å². The topological polar surface area (TPSA) is 46.2 Å². The molecule has 0 unspecified atom stereocenters. The molecule has 0 atom stereocenters. The third-order valence-electron chi connectivity index (χ3n) is 3.55. The Bertz CT molecular complexity index is 493.